The molecule has 1 heterocycles. The van der Waals surface area contributed by atoms with Gasteiger partial charge in [0.1, 0.15) is 11.5 Å². The highest BCUT2D eigenvalue weighted by atomic mass is 32.1. The molecule has 2 aromatic carbocycles. The maximum absolute atomic E-state index is 12.2. The number of nitrogens with one attached hydrogen (secondary N) is 1. The van der Waals surface area contributed by atoms with Crippen LogP contribution in [0.25, 0.3) is 10.1 Å². The number of ether oxygens (including phenoxy) is 2. The molecule has 0 aliphatic heterocycles. The Kier molecular flexibility index (Phi) is 5.32. The Bertz CT molecular complexity index is 1020. The van der Waals surface area contributed by atoms with Crippen molar-refractivity contribution in [3.05, 3.63) is 69.1 Å². The first kappa shape index (κ1) is 18.3. The molecule has 0 aliphatic rings. The average molecular weight is 386 g/mol. The van der Waals surface area contributed by atoms with Gasteiger partial charge in [-0.3, -0.25) is 15.4 Å². The van der Waals surface area contributed by atoms with Crippen LogP contribution in [-0.4, -0.2) is 24.1 Å². The van der Waals surface area contributed by atoms with Crippen molar-refractivity contribution in [1.29, 1.82) is 0 Å². The number of non-ortho nitro benzene ring substituents is 1. The van der Waals surface area contributed by atoms with Crippen molar-refractivity contribution in [3.8, 4) is 0 Å². The van der Waals surface area contributed by atoms with Crippen LogP contribution in [0.5, 0.6) is 0 Å². The first-order chi connectivity index (χ1) is 13.0. The molecule has 0 saturated heterocycles. The quantitative estimate of drug-likeness (QED) is 0.397. The van der Waals surface area contributed by atoms with E-state index in [-0.39, 0.29) is 22.9 Å². The van der Waals surface area contributed by atoms with E-state index in [2.05, 4.69) is 5.32 Å². The zero-order valence-corrected chi connectivity index (χ0v) is 14.9. The van der Waals surface area contributed by atoms with Crippen LogP contribution in [0.1, 0.15) is 15.2 Å². The van der Waals surface area contributed by atoms with Gasteiger partial charge in [0.15, 0.2) is 0 Å². The number of nitro benzene ring substituents is 1. The standard InChI is InChI=1S/C18H14N2O6S/c1-25-17(21)16-15(13-9-12(20(23)24)7-8-14(13)27-16)19-18(22)26-10-11-5-3-2-4-6-11/h2-9H,10H2,1H3,(H,19,22). The summed E-state index contributed by atoms with van der Waals surface area (Å²) in [5.74, 6) is -0.655. The summed E-state index contributed by atoms with van der Waals surface area (Å²) in [6.07, 6.45) is -0.782. The molecule has 3 aromatic rings. The molecule has 3 rings (SSSR count). The number of hydrogen-bond donors (Lipinski definition) is 1. The molecule has 138 valence electrons. The van der Waals surface area contributed by atoms with E-state index in [1.165, 1.54) is 25.3 Å². The van der Waals surface area contributed by atoms with Crippen LogP contribution in [-0.2, 0) is 16.1 Å². The van der Waals surface area contributed by atoms with E-state index in [0.717, 1.165) is 16.9 Å². The van der Waals surface area contributed by atoms with Crippen molar-refractivity contribution in [2.24, 2.45) is 0 Å². The van der Waals surface area contributed by atoms with E-state index in [1.807, 2.05) is 18.2 Å². The Balaban J connectivity index is 1.90. The third kappa shape index (κ3) is 4.04. The molecule has 0 fully saturated rings. The Morgan fingerprint density at radius 3 is 2.59 bits per heavy atom. The highest BCUT2D eigenvalue weighted by Crippen LogP contribution is 2.38. The highest BCUT2D eigenvalue weighted by molar-refractivity contribution is 7.21. The molecular formula is C18H14N2O6S. The van der Waals surface area contributed by atoms with Crippen LogP contribution in [0.3, 0.4) is 0 Å². The van der Waals surface area contributed by atoms with E-state index >= 15 is 0 Å². The molecule has 0 spiro atoms. The molecule has 1 aromatic heterocycles. The Hall–Kier alpha value is -3.46. The number of thiophene rings is 1. The molecule has 27 heavy (non-hydrogen) atoms. The SMILES string of the molecule is COC(=O)c1sc2ccc([N+](=O)[O-])cc2c1NC(=O)OCc1ccccc1. The van der Waals surface area contributed by atoms with Crippen molar-refractivity contribution < 1.29 is 24.0 Å². The van der Waals surface area contributed by atoms with E-state index in [1.54, 1.807) is 12.1 Å². The average Bonchev–Trinajstić information content (AvgIpc) is 3.04. The second-order valence-electron chi connectivity index (χ2n) is 5.42. The van der Waals surface area contributed by atoms with Crippen LogP contribution in [0.4, 0.5) is 16.2 Å². The summed E-state index contributed by atoms with van der Waals surface area (Å²) in [5, 5.41) is 13.9. The number of nitro groups is 1. The molecule has 0 bridgehead atoms. The first-order valence-electron chi connectivity index (χ1n) is 7.76. The predicted octanol–water partition coefficient (Wildman–Crippen LogP) is 4.34. The van der Waals surface area contributed by atoms with Gasteiger partial charge in [-0.15, -0.1) is 11.3 Å². The van der Waals surface area contributed by atoms with E-state index in [9.17, 15) is 19.7 Å². The lowest BCUT2D eigenvalue weighted by molar-refractivity contribution is -0.384. The number of carbonyl (C=O) groups is 2. The Labute approximate surface area is 157 Å². The van der Waals surface area contributed by atoms with Gasteiger partial charge in [0, 0.05) is 22.2 Å². The zero-order chi connectivity index (χ0) is 19.4. The molecule has 0 atom stereocenters. The monoisotopic (exact) mass is 386 g/mol. The summed E-state index contributed by atoms with van der Waals surface area (Å²) in [6, 6.07) is 13.2. The Morgan fingerprint density at radius 2 is 1.93 bits per heavy atom. The molecule has 0 aliphatic carbocycles. The highest BCUT2D eigenvalue weighted by Gasteiger charge is 2.23. The Morgan fingerprint density at radius 1 is 1.19 bits per heavy atom. The number of nitrogens with zero attached hydrogens (tertiary/aromatic N) is 1. The van der Waals surface area contributed by atoms with Gasteiger partial charge in [-0.2, -0.15) is 0 Å². The number of anilines is 1. The fourth-order valence-electron chi connectivity index (χ4n) is 2.42. The van der Waals surface area contributed by atoms with E-state index in [0.29, 0.717) is 10.1 Å². The topological polar surface area (TPSA) is 108 Å². The third-order valence-electron chi connectivity index (χ3n) is 3.69. The van der Waals surface area contributed by atoms with Crippen molar-refractivity contribution >= 4 is 44.9 Å². The first-order valence-corrected chi connectivity index (χ1v) is 8.58. The minimum Gasteiger partial charge on any atom is -0.465 e. The molecule has 0 saturated carbocycles. The number of hydrogen-bond acceptors (Lipinski definition) is 7. The third-order valence-corrected chi connectivity index (χ3v) is 4.84. The van der Waals surface area contributed by atoms with Crippen LogP contribution in [0.15, 0.2) is 48.5 Å². The summed E-state index contributed by atoms with van der Waals surface area (Å²) in [6.45, 7) is 0.0441. The maximum atomic E-state index is 12.2. The maximum Gasteiger partial charge on any atom is 0.412 e. The summed E-state index contributed by atoms with van der Waals surface area (Å²) in [4.78, 5) is 34.9. The summed E-state index contributed by atoms with van der Waals surface area (Å²) >= 11 is 1.07. The van der Waals surface area contributed by atoms with Crippen molar-refractivity contribution in [2.75, 3.05) is 12.4 Å². The molecule has 9 heteroatoms. The minimum atomic E-state index is -0.782. The lowest BCUT2D eigenvalue weighted by Gasteiger charge is -2.08. The number of rotatable bonds is 5. The number of esters is 1. The van der Waals surface area contributed by atoms with Crippen molar-refractivity contribution in [3.63, 3.8) is 0 Å². The molecule has 8 nitrogen and oxygen atoms in total. The van der Waals surface area contributed by atoms with Gasteiger partial charge in [0.05, 0.1) is 17.7 Å². The van der Waals surface area contributed by atoms with Gasteiger partial charge < -0.3 is 9.47 Å². The molecule has 1 amide bonds. The molecule has 0 unspecified atom stereocenters. The van der Waals surface area contributed by atoms with E-state index in [4.69, 9.17) is 9.47 Å². The van der Waals surface area contributed by atoms with Gasteiger partial charge in [0.25, 0.3) is 5.69 Å². The molecular weight excluding hydrogens is 372 g/mol. The van der Waals surface area contributed by atoms with Gasteiger partial charge in [-0.25, -0.2) is 9.59 Å². The summed E-state index contributed by atoms with van der Waals surface area (Å²) in [7, 11) is 1.21. The lowest BCUT2D eigenvalue weighted by Crippen LogP contribution is -2.15. The fraction of sp³-hybridized carbons (Fsp3) is 0.111. The minimum absolute atomic E-state index is 0.0441. The fourth-order valence-corrected chi connectivity index (χ4v) is 3.48. The zero-order valence-electron chi connectivity index (χ0n) is 14.1. The van der Waals surface area contributed by atoms with Gasteiger partial charge in [0.2, 0.25) is 0 Å². The smallest absolute Gasteiger partial charge is 0.412 e. The van der Waals surface area contributed by atoms with Crippen LogP contribution < -0.4 is 5.32 Å². The molecule has 0 radical (unpaired) electrons. The van der Waals surface area contributed by atoms with Gasteiger partial charge >= 0.3 is 12.1 Å². The van der Waals surface area contributed by atoms with Crippen LogP contribution in [0.2, 0.25) is 0 Å². The van der Waals surface area contributed by atoms with Crippen LogP contribution in [0, 0.1) is 10.1 Å². The van der Waals surface area contributed by atoms with Crippen molar-refractivity contribution in [1.82, 2.24) is 0 Å². The van der Waals surface area contributed by atoms with E-state index < -0.39 is 17.0 Å². The number of carbonyl (C=O) groups excluding carboxylic acids is 2. The summed E-state index contributed by atoms with van der Waals surface area (Å²) < 4.78 is 10.5. The normalized spacial score (nSPS) is 10.4. The van der Waals surface area contributed by atoms with Crippen molar-refractivity contribution in [2.45, 2.75) is 6.61 Å². The number of fused-ring (bicyclic) bond motifs is 1. The number of benzene rings is 2. The largest absolute Gasteiger partial charge is 0.465 e. The van der Waals surface area contributed by atoms with Crippen LogP contribution >= 0.6 is 11.3 Å². The number of amides is 1. The van der Waals surface area contributed by atoms with Gasteiger partial charge in [-0.1, -0.05) is 30.3 Å². The van der Waals surface area contributed by atoms with Gasteiger partial charge in [-0.05, 0) is 11.6 Å². The lowest BCUT2D eigenvalue weighted by atomic mass is 10.2. The second-order valence-corrected chi connectivity index (χ2v) is 6.47. The number of methoxy groups -OCH3 is 1. The summed E-state index contributed by atoms with van der Waals surface area (Å²) in [5.41, 5.74) is 0.771. The molecule has 1 N–H and O–H groups in total. The second kappa shape index (κ2) is 7.83. The predicted molar refractivity (Wildman–Crippen MR) is 100 cm³/mol.